The number of amides is 1. The quantitative estimate of drug-likeness (QED) is 0.256. The topological polar surface area (TPSA) is 72.0 Å². The van der Waals surface area contributed by atoms with Gasteiger partial charge in [0.15, 0.2) is 5.96 Å². The Balaban J connectivity index is 0.00000324. The maximum absolute atomic E-state index is 11.6. The number of halogens is 1. The van der Waals surface area contributed by atoms with Gasteiger partial charge in [0.25, 0.3) is 0 Å². The van der Waals surface area contributed by atoms with Gasteiger partial charge in [-0.25, -0.2) is 4.99 Å². The normalized spacial score (nSPS) is 16.7. The first kappa shape index (κ1) is 26.3. The third kappa shape index (κ3) is 7.87. The molecule has 2 aliphatic rings. The highest BCUT2D eigenvalue weighted by Crippen LogP contribution is 2.17. The van der Waals surface area contributed by atoms with Crippen molar-refractivity contribution in [3.63, 3.8) is 0 Å². The van der Waals surface area contributed by atoms with Crippen LogP contribution < -0.4 is 20.9 Å². The summed E-state index contributed by atoms with van der Waals surface area (Å²) < 4.78 is 0. The molecule has 2 heterocycles. The molecule has 4 rings (SSSR count). The molecule has 0 radical (unpaired) electrons. The molecule has 2 saturated heterocycles. The molecule has 8 heteroatoms. The number of nitrogens with zero attached hydrogens (tertiary/aromatic N) is 3. The molecule has 7 nitrogen and oxygen atoms in total. The molecule has 2 aromatic carbocycles. The summed E-state index contributed by atoms with van der Waals surface area (Å²) in [5.74, 6) is 0.896. The summed E-state index contributed by atoms with van der Waals surface area (Å²) in [5.41, 5.74) is 4.86. The molecule has 2 aliphatic heterocycles. The highest BCUT2D eigenvalue weighted by molar-refractivity contribution is 14.0. The lowest BCUT2D eigenvalue weighted by molar-refractivity contribution is -0.120. The Morgan fingerprint density at radius 3 is 2.29 bits per heavy atom. The van der Waals surface area contributed by atoms with E-state index >= 15 is 0 Å². The summed E-state index contributed by atoms with van der Waals surface area (Å²) >= 11 is 0. The van der Waals surface area contributed by atoms with E-state index in [1.165, 1.54) is 37.1 Å². The van der Waals surface area contributed by atoms with Crippen molar-refractivity contribution in [2.45, 2.75) is 39.4 Å². The lowest BCUT2D eigenvalue weighted by Gasteiger charge is -2.28. The highest BCUT2D eigenvalue weighted by atomic mass is 127. The van der Waals surface area contributed by atoms with Gasteiger partial charge in [-0.05, 0) is 61.7 Å². The number of nitrogens with one attached hydrogen (secondary N) is 3. The number of anilines is 1. The zero-order valence-corrected chi connectivity index (χ0v) is 22.4. The predicted molar refractivity (Wildman–Crippen MR) is 150 cm³/mol. The number of carbonyl (C=O) groups is 1. The number of likely N-dealkylation sites (tertiary alicyclic amines) is 1. The minimum atomic E-state index is 0. The molecule has 2 aromatic rings. The van der Waals surface area contributed by atoms with E-state index in [4.69, 9.17) is 4.99 Å². The Hall–Kier alpha value is -2.33. The average molecular weight is 577 g/mol. The molecule has 0 aromatic heterocycles. The largest absolute Gasteiger partial charge is 0.360 e. The molecule has 2 fully saturated rings. The van der Waals surface area contributed by atoms with Gasteiger partial charge in [0.1, 0.15) is 0 Å². The fourth-order valence-corrected chi connectivity index (χ4v) is 4.33. The molecule has 0 saturated carbocycles. The summed E-state index contributed by atoms with van der Waals surface area (Å²) in [6.45, 7) is 9.71. The first-order valence-corrected chi connectivity index (χ1v) is 12.1. The number of carbonyl (C=O) groups excluding carboxylic acids is 1. The Morgan fingerprint density at radius 1 is 0.941 bits per heavy atom. The van der Waals surface area contributed by atoms with E-state index in [1.54, 1.807) is 0 Å². The van der Waals surface area contributed by atoms with E-state index in [-0.39, 0.29) is 29.9 Å². The summed E-state index contributed by atoms with van der Waals surface area (Å²) in [4.78, 5) is 21.0. The molecule has 184 valence electrons. The summed E-state index contributed by atoms with van der Waals surface area (Å²) in [6, 6.07) is 17.2. The van der Waals surface area contributed by atoms with Crippen molar-refractivity contribution in [2.24, 2.45) is 4.99 Å². The van der Waals surface area contributed by atoms with E-state index in [1.807, 2.05) is 0 Å². The van der Waals surface area contributed by atoms with Crippen molar-refractivity contribution in [2.75, 3.05) is 44.2 Å². The predicted octanol–water partition coefficient (Wildman–Crippen LogP) is 3.09. The van der Waals surface area contributed by atoms with Gasteiger partial charge in [0, 0.05) is 38.4 Å². The van der Waals surface area contributed by atoms with Gasteiger partial charge in [-0.1, -0.05) is 36.4 Å². The summed E-state index contributed by atoms with van der Waals surface area (Å²) in [7, 11) is 0. The zero-order valence-electron chi connectivity index (χ0n) is 20.1. The number of aliphatic imine (C=N–C) groups is 1. The Bertz CT molecular complexity index is 925. The molecule has 3 N–H and O–H groups in total. The number of rotatable bonds is 8. The molecular formula is C26H37IN6O. The first-order chi connectivity index (χ1) is 16.2. The first-order valence-electron chi connectivity index (χ1n) is 12.1. The molecular weight excluding hydrogens is 539 g/mol. The second-order valence-electron chi connectivity index (χ2n) is 8.79. The Labute approximate surface area is 220 Å². The molecule has 1 amide bonds. The van der Waals surface area contributed by atoms with Crippen molar-refractivity contribution in [1.82, 2.24) is 20.9 Å². The Kier molecular flexibility index (Phi) is 10.5. The van der Waals surface area contributed by atoms with Crippen LogP contribution in [0.2, 0.25) is 0 Å². The van der Waals surface area contributed by atoms with Gasteiger partial charge < -0.3 is 20.9 Å². The van der Waals surface area contributed by atoms with Crippen LogP contribution in [0.3, 0.4) is 0 Å². The second kappa shape index (κ2) is 13.5. The van der Waals surface area contributed by atoms with Crippen molar-refractivity contribution in [3.05, 3.63) is 65.2 Å². The standard InChI is InChI=1S/C26H36N6O.HI/c1-2-27-26(29-17-21-5-7-23(8-6-21)19-31-14-3-4-15-31)30-18-22-9-11-24(12-10-22)32-16-13-28-25(33)20-32;/h5-12H,2-4,13-20H2,1H3,(H,28,33)(H2,27,29,30);1H. The average Bonchev–Trinajstić information content (AvgIpc) is 3.35. The number of hydrogen-bond donors (Lipinski definition) is 3. The van der Waals surface area contributed by atoms with E-state index in [0.29, 0.717) is 19.6 Å². The van der Waals surface area contributed by atoms with Gasteiger partial charge in [-0.15, -0.1) is 24.0 Å². The summed E-state index contributed by atoms with van der Waals surface area (Å²) in [5, 5.41) is 9.64. The van der Waals surface area contributed by atoms with Gasteiger partial charge in [-0.3, -0.25) is 9.69 Å². The van der Waals surface area contributed by atoms with Crippen LogP contribution in [0.1, 0.15) is 36.5 Å². The van der Waals surface area contributed by atoms with Gasteiger partial charge in [0.05, 0.1) is 13.1 Å². The number of piperazine rings is 1. The van der Waals surface area contributed by atoms with Crippen molar-refractivity contribution in [1.29, 1.82) is 0 Å². The SMILES string of the molecule is CCNC(=NCc1ccc(N2CCNC(=O)C2)cc1)NCc1ccc(CN2CCCC2)cc1.I. The van der Waals surface area contributed by atoms with Crippen LogP contribution in [0.4, 0.5) is 5.69 Å². The fourth-order valence-electron chi connectivity index (χ4n) is 4.33. The highest BCUT2D eigenvalue weighted by Gasteiger charge is 2.16. The van der Waals surface area contributed by atoms with Crippen LogP contribution in [-0.4, -0.2) is 56.0 Å². The van der Waals surface area contributed by atoms with Crippen LogP contribution in [-0.2, 0) is 24.4 Å². The number of benzene rings is 2. The lowest BCUT2D eigenvalue weighted by atomic mass is 10.1. The van der Waals surface area contributed by atoms with E-state index in [0.717, 1.165) is 43.4 Å². The van der Waals surface area contributed by atoms with Crippen LogP contribution in [0.5, 0.6) is 0 Å². The molecule has 0 atom stereocenters. The maximum atomic E-state index is 11.6. The number of hydrogen-bond acceptors (Lipinski definition) is 4. The fraction of sp³-hybridized carbons (Fsp3) is 0.462. The monoisotopic (exact) mass is 576 g/mol. The minimum absolute atomic E-state index is 0. The maximum Gasteiger partial charge on any atom is 0.239 e. The van der Waals surface area contributed by atoms with E-state index in [2.05, 4.69) is 81.2 Å². The molecule has 0 bridgehead atoms. The van der Waals surface area contributed by atoms with Crippen molar-refractivity contribution < 1.29 is 4.79 Å². The second-order valence-corrected chi connectivity index (χ2v) is 8.79. The van der Waals surface area contributed by atoms with Crippen LogP contribution in [0, 0.1) is 0 Å². The zero-order chi connectivity index (χ0) is 22.9. The minimum Gasteiger partial charge on any atom is -0.360 e. The van der Waals surface area contributed by atoms with Gasteiger partial charge in [-0.2, -0.15) is 0 Å². The molecule has 0 spiro atoms. The van der Waals surface area contributed by atoms with Crippen LogP contribution in [0.15, 0.2) is 53.5 Å². The third-order valence-electron chi connectivity index (χ3n) is 6.19. The van der Waals surface area contributed by atoms with Gasteiger partial charge in [0.2, 0.25) is 5.91 Å². The van der Waals surface area contributed by atoms with Crippen LogP contribution >= 0.6 is 24.0 Å². The molecule has 0 aliphatic carbocycles. The lowest BCUT2D eigenvalue weighted by Crippen LogP contribution is -2.47. The molecule has 0 unspecified atom stereocenters. The van der Waals surface area contributed by atoms with Gasteiger partial charge >= 0.3 is 0 Å². The van der Waals surface area contributed by atoms with E-state index in [9.17, 15) is 4.79 Å². The van der Waals surface area contributed by atoms with Crippen molar-refractivity contribution in [3.8, 4) is 0 Å². The smallest absolute Gasteiger partial charge is 0.239 e. The third-order valence-corrected chi connectivity index (χ3v) is 6.19. The van der Waals surface area contributed by atoms with Crippen molar-refractivity contribution >= 4 is 41.5 Å². The van der Waals surface area contributed by atoms with E-state index < -0.39 is 0 Å². The number of guanidine groups is 1. The van der Waals surface area contributed by atoms with Crippen LogP contribution in [0.25, 0.3) is 0 Å². The molecule has 34 heavy (non-hydrogen) atoms. The Morgan fingerprint density at radius 2 is 1.62 bits per heavy atom. The summed E-state index contributed by atoms with van der Waals surface area (Å²) in [6.07, 6.45) is 2.66.